The molecule has 142 valence electrons. The number of hydrogen-bond acceptors (Lipinski definition) is 3. The molecule has 1 saturated carbocycles. The fraction of sp³-hybridized carbons (Fsp3) is 0.444. The van der Waals surface area contributed by atoms with Gasteiger partial charge in [-0.25, -0.2) is 13.8 Å². The van der Waals surface area contributed by atoms with E-state index in [0.29, 0.717) is 24.8 Å². The van der Waals surface area contributed by atoms with Crippen LogP contribution in [0.1, 0.15) is 48.4 Å². The fourth-order valence-electron chi connectivity index (χ4n) is 2.74. The van der Waals surface area contributed by atoms with Crippen LogP contribution in [-0.2, 0) is 6.54 Å². The largest absolute Gasteiger partial charge is 0.353 e. The van der Waals surface area contributed by atoms with E-state index in [2.05, 4.69) is 39.8 Å². The molecule has 1 aromatic carbocycles. The molecule has 1 fully saturated rings. The van der Waals surface area contributed by atoms with E-state index >= 15 is 0 Å². The average Bonchev–Trinajstić information content (AvgIpc) is 3.14. The molecule has 2 aromatic rings. The Balaban J connectivity index is 0.00000243. The summed E-state index contributed by atoms with van der Waals surface area (Å²) in [5.41, 5.74) is 1.25. The minimum atomic E-state index is -0.485. The Morgan fingerprint density at radius 3 is 2.62 bits per heavy atom. The van der Waals surface area contributed by atoms with E-state index in [1.54, 1.807) is 18.4 Å². The Labute approximate surface area is 173 Å². The second-order valence-electron chi connectivity index (χ2n) is 6.47. The molecule has 2 N–H and O–H groups in total. The Morgan fingerprint density at radius 2 is 2.04 bits per heavy atom. The zero-order chi connectivity index (χ0) is 18.0. The van der Waals surface area contributed by atoms with Crippen LogP contribution >= 0.6 is 35.3 Å². The summed E-state index contributed by atoms with van der Waals surface area (Å²) in [6, 6.07) is 3.98. The number of thiazole rings is 1. The predicted octanol–water partition coefficient (Wildman–Crippen LogP) is 4.38. The van der Waals surface area contributed by atoms with Crippen LogP contribution in [0.2, 0.25) is 0 Å². The highest BCUT2D eigenvalue weighted by atomic mass is 127. The molecule has 0 spiro atoms. The van der Waals surface area contributed by atoms with Crippen molar-refractivity contribution in [1.82, 2.24) is 15.6 Å². The first-order valence-corrected chi connectivity index (χ1v) is 9.23. The Morgan fingerprint density at radius 1 is 1.35 bits per heavy atom. The van der Waals surface area contributed by atoms with Gasteiger partial charge in [0.15, 0.2) is 5.96 Å². The Hall–Kier alpha value is -1.29. The summed E-state index contributed by atoms with van der Waals surface area (Å²) in [4.78, 5) is 8.75. The standard InChI is InChI=1S/C18H22F2N4S.HI/c1-10(2)15-9-25-16(23-15)8-22-18(21-3)24-14-7-11(14)17-12(19)5-4-6-13(17)20;/h4-6,9-11,14H,7-8H2,1-3H3,(H2,21,22,24);1H. The fourth-order valence-corrected chi connectivity index (χ4v) is 3.63. The van der Waals surface area contributed by atoms with Gasteiger partial charge >= 0.3 is 0 Å². The third kappa shape index (κ3) is 4.91. The molecule has 1 aromatic heterocycles. The van der Waals surface area contributed by atoms with Crippen LogP contribution in [0.4, 0.5) is 8.78 Å². The van der Waals surface area contributed by atoms with E-state index in [0.717, 1.165) is 10.7 Å². The molecule has 0 radical (unpaired) electrons. The lowest BCUT2D eigenvalue weighted by molar-refractivity contribution is 0.553. The van der Waals surface area contributed by atoms with Gasteiger partial charge in [0, 0.05) is 30.0 Å². The maximum absolute atomic E-state index is 13.9. The number of nitrogens with one attached hydrogen (secondary N) is 2. The number of nitrogens with zero attached hydrogens (tertiary/aromatic N) is 2. The van der Waals surface area contributed by atoms with E-state index in [4.69, 9.17) is 0 Å². The highest BCUT2D eigenvalue weighted by Gasteiger charge is 2.42. The van der Waals surface area contributed by atoms with Crippen LogP contribution < -0.4 is 10.6 Å². The highest BCUT2D eigenvalue weighted by molar-refractivity contribution is 14.0. The zero-order valence-electron chi connectivity index (χ0n) is 14.9. The van der Waals surface area contributed by atoms with Gasteiger partial charge in [-0.05, 0) is 24.5 Å². The van der Waals surface area contributed by atoms with Crippen LogP contribution in [-0.4, -0.2) is 24.0 Å². The average molecular weight is 492 g/mol. The van der Waals surface area contributed by atoms with E-state index < -0.39 is 11.6 Å². The minimum absolute atomic E-state index is 0. The van der Waals surface area contributed by atoms with Crippen molar-refractivity contribution in [3.8, 4) is 0 Å². The molecule has 1 heterocycles. The molecule has 26 heavy (non-hydrogen) atoms. The summed E-state index contributed by atoms with van der Waals surface area (Å²) >= 11 is 1.61. The first kappa shape index (κ1) is 21.0. The van der Waals surface area contributed by atoms with Gasteiger partial charge in [-0.3, -0.25) is 4.99 Å². The van der Waals surface area contributed by atoms with Gasteiger partial charge in [0.25, 0.3) is 0 Å². The molecule has 3 rings (SSSR count). The molecule has 1 aliphatic rings. The number of guanidine groups is 1. The molecular formula is C18H23F2IN4S. The molecule has 8 heteroatoms. The summed E-state index contributed by atoms with van der Waals surface area (Å²) in [5.74, 6) is -0.106. The van der Waals surface area contributed by atoms with Gasteiger partial charge in [0.2, 0.25) is 0 Å². The van der Waals surface area contributed by atoms with Gasteiger partial charge < -0.3 is 10.6 Å². The molecule has 0 bridgehead atoms. The van der Waals surface area contributed by atoms with Crippen molar-refractivity contribution in [3.63, 3.8) is 0 Å². The topological polar surface area (TPSA) is 49.3 Å². The van der Waals surface area contributed by atoms with Gasteiger partial charge in [-0.15, -0.1) is 35.3 Å². The SMILES string of the molecule is CN=C(NCc1nc(C(C)C)cs1)NC1CC1c1c(F)cccc1F.I. The van der Waals surface area contributed by atoms with Gasteiger partial charge in [-0.2, -0.15) is 0 Å². The van der Waals surface area contributed by atoms with Crippen LogP contribution in [0.5, 0.6) is 0 Å². The number of benzene rings is 1. The molecule has 4 nitrogen and oxygen atoms in total. The van der Waals surface area contributed by atoms with Crippen LogP contribution in [0.3, 0.4) is 0 Å². The van der Waals surface area contributed by atoms with Crippen LogP contribution in [0.25, 0.3) is 0 Å². The zero-order valence-corrected chi connectivity index (χ0v) is 18.1. The third-order valence-electron chi connectivity index (χ3n) is 4.27. The van der Waals surface area contributed by atoms with Crippen molar-refractivity contribution >= 4 is 41.3 Å². The maximum atomic E-state index is 13.9. The summed E-state index contributed by atoms with van der Waals surface area (Å²) in [7, 11) is 1.68. The predicted molar refractivity (Wildman–Crippen MR) is 112 cm³/mol. The van der Waals surface area contributed by atoms with Gasteiger partial charge in [0.05, 0.1) is 12.2 Å². The second kappa shape index (κ2) is 9.07. The maximum Gasteiger partial charge on any atom is 0.191 e. The molecule has 0 saturated heterocycles. The van der Waals surface area contributed by atoms with E-state index in [1.807, 2.05) is 0 Å². The van der Waals surface area contributed by atoms with Crippen molar-refractivity contribution in [2.45, 2.75) is 44.7 Å². The van der Waals surface area contributed by atoms with Crippen molar-refractivity contribution in [2.75, 3.05) is 7.05 Å². The summed E-state index contributed by atoms with van der Waals surface area (Å²) in [5, 5.41) is 9.49. The van der Waals surface area contributed by atoms with Gasteiger partial charge in [0.1, 0.15) is 16.6 Å². The summed E-state index contributed by atoms with van der Waals surface area (Å²) in [6.45, 7) is 4.80. The molecule has 0 amide bonds. The number of hydrogen-bond donors (Lipinski definition) is 2. The molecular weight excluding hydrogens is 469 g/mol. The van der Waals surface area contributed by atoms with Crippen molar-refractivity contribution in [3.05, 3.63) is 51.5 Å². The quantitative estimate of drug-likeness (QED) is 0.370. The second-order valence-corrected chi connectivity index (χ2v) is 7.42. The number of halogens is 3. The normalized spacial score (nSPS) is 19.2. The summed E-state index contributed by atoms with van der Waals surface area (Å²) in [6.07, 6.45) is 0.688. The van der Waals surface area contributed by atoms with Crippen molar-refractivity contribution < 1.29 is 8.78 Å². The van der Waals surface area contributed by atoms with Crippen LogP contribution in [0.15, 0.2) is 28.6 Å². The minimum Gasteiger partial charge on any atom is -0.353 e. The van der Waals surface area contributed by atoms with E-state index in [1.165, 1.54) is 18.2 Å². The third-order valence-corrected chi connectivity index (χ3v) is 5.14. The molecule has 2 atom stereocenters. The van der Waals surface area contributed by atoms with Crippen molar-refractivity contribution in [2.24, 2.45) is 4.99 Å². The first-order valence-electron chi connectivity index (χ1n) is 8.35. The monoisotopic (exact) mass is 492 g/mol. The molecule has 1 aliphatic carbocycles. The highest BCUT2D eigenvalue weighted by Crippen LogP contribution is 2.43. The smallest absolute Gasteiger partial charge is 0.191 e. The lowest BCUT2D eigenvalue weighted by atomic mass is 10.1. The number of rotatable bonds is 5. The number of aromatic nitrogens is 1. The van der Waals surface area contributed by atoms with Gasteiger partial charge in [-0.1, -0.05) is 19.9 Å². The molecule has 2 unspecified atom stereocenters. The number of aliphatic imine (C=N–C) groups is 1. The lowest BCUT2D eigenvalue weighted by Crippen LogP contribution is -2.38. The first-order chi connectivity index (χ1) is 12.0. The van der Waals surface area contributed by atoms with E-state index in [-0.39, 0.29) is 41.5 Å². The Kier molecular flexibility index (Phi) is 7.33. The summed E-state index contributed by atoms with van der Waals surface area (Å²) < 4.78 is 27.7. The van der Waals surface area contributed by atoms with Crippen LogP contribution in [0, 0.1) is 11.6 Å². The lowest BCUT2D eigenvalue weighted by Gasteiger charge is -2.11. The van der Waals surface area contributed by atoms with Crippen molar-refractivity contribution in [1.29, 1.82) is 0 Å². The molecule has 0 aliphatic heterocycles. The van der Waals surface area contributed by atoms with E-state index in [9.17, 15) is 8.78 Å². The Bertz CT molecular complexity index is 758.